The summed E-state index contributed by atoms with van der Waals surface area (Å²) in [4.78, 5) is 0. The highest BCUT2D eigenvalue weighted by Crippen LogP contribution is 2.24. The van der Waals surface area contributed by atoms with E-state index >= 15 is 0 Å². The summed E-state index contributed by atoms with van der Waals surface area (Å²) >= 11 is 0. The van der Waals surface area contributed by atoms with Gasteiger partial charge in [-0.3, -0.25) is 0 Å². The molecule has 2 rings (SSSR count). The average molecular weight is 180 g/mol. The normalized spacial score (nSPS) is 13.5. The number of furan rings is 1. The first-order valence-electron chi connectivity index (χ1n) is 4.03. The molecule has 0 aliphatic heterocycles. The molecule has 0 radical (unpaired) electrons. The van der Waals surface area contributed by atoms with Gasteiger partial charge in [-0.15, -0.1) is 0 Å². The van der Waals surface area contributed by atoms with Crippen molar-refractivity contribution < 1.29 is 13.9 Å². The molecule has 0 aliphatic rings. The number of benzene rings is 1. The molecule has 1 aromatic carbocycles. The third kappa shape index (κ3) is 1.31. The minimum absolute atomic E-state index is 0.266. The third-order valence-corrected chi connectivity index (χ3v) is 2.02. The number of hydrogen-bond donors (Lipinski definition) is 1. The van der Waals surface area contributed by atoms with Crippen LogP contribution in [0.5, 0.6) is 0 Å². The zero-order chi connectivity index (χ0) is 9.42. The van der Waals surface area contributed by atoms with Crippen LogP contribution < -0.4 is 0 Å². The van der Waals surface area contributed by atoms with E-state index in [0.717, 1.165) is 0 Å². The Balaban J connectivity index is 2.69. The van der Waals surface area contributed by atoms with E-state index in [1.165, 1.54) is 25.3 Å². The van der Waals surface area contributed by atoms with E-state index in [1.807, 2.05) is 0 Å². The Morgan fingerprint density at radius 2 is 2.23 bits per heavy atom. The first-order valence-corrected chi connectivity index (χ1v) is 4.03. The van der Waals surface area contributed by atoms with Crippen LogP contribution in [0.1, 0.15) is 18.6 Å². The highest BCUT2D eigenvalue weighted by Gasteiger charge is 2.10. The van der Waals surface area contributed by atoms with E-state index in [2.05, 4.69) is 0 Å². The van der Waals surface area contributed by atoms with Crippen LogP contribution in [0.2, 0.25) is 0 Å². The van der Waals surface area contributed by atoms with Crippen molar-refractivity contribution in [2.45, 2.75) is 13.0 Å². The standard InChI is InChI=1S/C10H9FO2/c1-6(12)8-5-10-7(2-3-13-10)4-9(8)11/h2-6,12H,1H3. The van der Waals surface area contributed by atoms with Crippen LogP contribution in [0.25, 0.3) is 11.0 Å². The van der Waals surface area contributed by atoms with E-state index < -0.39 is 11.9 Å². The quantitative estimate of drug-likeness (QED) is 0.731. The maximum atomic E-state index is 13.2. The van der Waals surface area contributed by atoms with E-state index in [9.17, 15) is 9.50 Å². The molecule has 2 aromatic rings. The number of rotatable bonds is 1. The van der Waals surface area contributed by atoms with Crippen LogP contribution in [-0.4, -0.2) is 5.11 Å². The summed E-state index contributed by atoms with van der Waals surface area (Å²) in [7, 11) is 0. The Bertz CT molecular complexity index is 431. The van der Waals surface area contributed by atoms with Crippen molar-refractivity contribution >= 4 is 11.0 Å². The molecule has 0 fully saturated rings. The Morgan fingerprint density at radius 1 is 1.46 bits per heavy atom. The lowest BCUT2D eigenvalue weighted by Crippen LogP contribution is -1.94. The van der Waals surface area contributed by atoms with E-state index in [-0.39, 0.29) is 5.56 Å². The van der Waals surface area contributed by atoms with E-state index in [1.54, 1.807) is 6.07 Å². The molecule has 2 nitrogen and oxygen atoms in total. The van der Waals surface area contributed by atoms with Crippen LogP contribution in [0.3, 0.4) is 0 Å². The summed E-state index contributed by atoms with van der Waals surface area (Å²) in [6.45, 7) is 1.52. The molecule has 0 spiro atoms. The van der Waals surface area contributed by atoms with Gasteiger partial charge in [-0.2, -0.15) is 0 Å². The lowest BCUT2D eigenvalue weighted by molar-refractivity contribution is 0.194. The fourth-order valence-corrected chi connectivity index (χ4v) is 1.32. The molecule has 1 N–H and O–H groups in total. The van der Waals surface area contributed by atoms with Gasteiger partial charge < -0.3 is 9.52 Å². The van der Waals surface area contributed by atoms with Gasteiger partial charge in [-0.05, 0) is 25.1 Å². The molecule has 0 aliphatic carbocycles. The summed E-state index contributed by atoms with van der Waals surface area (Å²) in [5.74, 6) is -0.399. The van der Waals surface area contributed by atoms with E-state index in [0.29, 0.717) is 11.0 Å². The first kappa shape index (κ1) is 8.26. The maximum absolute atomic E-state index is 13.2. The Hall–Kier alpha value is -1.35. The molecule has 1 aromatic heterocycles. The second-order valence-electron chi connectivity index (χ2n) is 3.01. The van der Waals surface area contributed by atoms with Crippen molar-refractivity contribution in [3.8, 4) is 0 Å². The van der Waals surface area contributed by atoms with Crippen LogP contribution in [0.4, 0.5) is 4.39 Å². The second-order valence-corrected chi connectivity index (χ2v) is 3.01. The average Bonchev–Trinajstić information content (AvgIpc) is 2.48. The predicted octanol–water partition coefficient (Wildman–Crippen LogP) is 2.63. The zero-order valence-electron chi connectivity index (χ0n) is 7.12. The van der Waals surface area contributed by atoms with Gasteiger partial charge in [0, 0.05) is 10.9 Å². The van der Waals surface area contributed by atoms with Crippen molar-refractivity contribution in [2.24, 2.45) is 0 Å². The fourth-order valence-electron chi connectivity index (χ4n) is 1.32. The summed E-state index contributed by atoms with van der Waals surface area (Å²) < 4.78 is 18.3. The molecule has 1 atom stereocenters. The van der Waals surface area contributed by atoms with Gasteiger partial charge in [-0.1, -0.05) is 0 Å². The lowest BCUT2D eigenvalue weighted by atomic mass is 10.1. The predicted molar refractivity (Wildman–Crippen MR) is 46.8 cm³/mol. The Kier molecular flexibility index (Phi) is 1.81. The molecule has 68 valence electrons. The molecule has 1 heterocycles. The smallest absolute Gasteiger partial charge is 0.134 e. The summed E-state index contributed by atoms with van der Waals surface area (Å²) in [5, 5.41) is 9.93. The topological polar surface area (TPSA) is 33.4 Å². The summed E-state index contributed by atoms with van der Waals surface area (Å²) in [6, 6.07) is 4.57. The summed E-state index contributed by atoms with van der Waals surface area (Å²) in [5.41, 5.74) is 0.861. The molecular formula is C10H9FO2. The van der Waals surface area contributed by atoms with Crippen LogP contribution >= 0.6 is 0 Å². The van der Waals surface area contributed by atoms with Crippen LogP contribution in [0, 0.1) is 5.82 Å². The van der Waals surface area contributed by atoms with Crippen molar-refractivity contribution in [1.29, 1.82) is 0 Å². The fraction of sp³-hybridized carbons (Fsp3) is 0.200. The zero-order valence-corrected chi connectivity index (χ0v) is 7.12. The molecular weight excluding hydrogens is 171 g/mol. The molecule has 1 unspecified atom stereocenters. The van der Waals surface area contributed by atoms with E-state index in [4.69, 9.17) is 4.42 Å². The first-order chi connectivity index (χ1) is 6.18. The molecule has 13 heavy (non-hydrogen) atoms. The molecule has 0 bridgehead atoms. The monoisotopic (exact) mass is 180 g/mol. The van der Waals surface area contributed by atoms with Gasteiger partial charge in [0.25, 0.3) is 0 Å². The second kappa shape index (κ2) is 2.85. The number of aliphatic hydroxyl groups is 1. The Labute approximate surface area is 74.6 Å². The SMILES string of the molecule is CC(O)c1cc2occc2cc1F. The van der Waals surface area contributed by atoms with Crippen molar-refractivity contribution in [3.63, 3.8) is 0 Å². The molecule has 0 amide bonds. The minimum atomic E-state index is -0.811. The highest BCUT2D eigenvalue weighted by atomic mass is 19.1. The summed E-state index contributed by atoms with van der Waals surface area (Å²) in [6.07, 6.45) is 0.685. The van der Waals surface area contributed by atoms with Gasteiger partial charge in [0.05, 0.1) is 12.4 Å². The molecule has 0 saturated carbocycles. The number of hydrogen-bond acceptors (Lipinski definition) is 2. The van der Waals surface area contributed by atoms with Crippen molar-refractivity contribution in [3.05, 3.63) is 35.8 Å². The number of halogens is 1. The van der Waals surface area contributed by atoms with Gasteiger partial charge in [0.15, 0.2) is 0 Å². The van der Waals surface area contributed by atoms with Crippen LogP contribution in [-0.2, 0) is 0 Å². The molecule has 3 heteroatoms. The number of fused-ring (bicyclic) bond motifs is 1. The maximum Gasteiger partial charge on any atom is 0.134 e. The largest absolute Gasteiger partial charge is 0.464 e. The van der Waals surface area contributed by atoms with Gasteiger partial charge >= 0.3 is 0 Å². The molecule has 0 saturated heterocycles. The van der Waals surface area contributed by atoms with Gasteiger partial charge in [0.2, 0.25) is 0 Å². The Morgan fingerprint density at radius 3 is 2.92 bits per heavy atom. The lowest BCUT2D eigenvalue weighted by Gasteiger charge is -2.05. The highest BCUT2D eigenvalue weighted by molar-refractivity contribution is 5.77. The van der Waals surface area contributed by atoms with Gasteiger partial charge in [0.1, 0.15) is 11.4 Å². The van der Waals surface area contributed by atoms with Crippen LogP contribution in [0.15, 0.2) is 28.9 Å². The van der Waals surface area contributed by atoms with Crippen molar-refractivity contribution in [1.82, 2.24) is 0 Å². The minimum Gasteiger partial charge on any atom is -0.464 e. The van der Waals surface area contributed by atoms with Crippen molar-refractivity contribution in [2.75, 3.05) is 0 Å². The number of aliphatic hydroxyl groups excluding tert-OH is 1. The third-order valence-electron chi connectivity index (χ3n) is 2.02. The van der Waals surface area contributed by atoms with Gasteiger partial charge in [-0.25, -0.2) is 4.39 Å².